The Balaban J connectivity index is 1.69. The maximum Gasteiger partial charge on any atom is 0.251 e. The number of carbonyl (C=O) groups is 1. The molecule has 2 aromatic rings. The molecule has 0 unspecified atom stereocenters. The second-order valence-corrected chi connectivity index (χ2v) is 7.93. The number of pyridine rings is 1. The van der Waals surface area contributed by atoms with Gasteiger partial charge in [-0.1, -0.05) is 63.5 Å². The van der Waals surface area contributed by atoms with E-state index < -0.39 is 0 Å². The average molecular weight is 418 g/mol. The largest absolute Gasteiger partial charge is 0.492 e. The minimum atomic E-state index is -0.144. The minimum absolute atomic E-state index is 0.144. The summed E-state index contributed by atoms with van der Waals surface area (Å²) in [5.41, 5.74) is 1.59. The lowest BCUT2D eigenvalue weighted by Gasteiger charge is -2.10. The molecule has 0 radical (unpaired) electrons. The molecule has 2 rings (SSSR count). The quantitative estimate of drug-likeness (QED) is 0.339. The van der Waals surface area contributed by atoms with Gasteiger partial charge in [-0.3, -0.25) is 4.79 Å². The van der Waals surface area contributed by atoms with Gasteiger partial charge in [0.15, 0.2) is 12.4 Å². The molecule has 158 valence electrons. The Morgan fingerprint density at radius 2 is 1.66 bits per heavy atom. The first-order valence-corrected chi connectivity index (χ1v) is 11.1. The third-order valence-electron chi connectivity index (χ3n) is 4.95. The number of nitrogens with one attached hydrogen (secondary N) is 1. The molecule has 0 aliphatic carbocycles. The van der Waals surface area contributed by atoms with E-state index in [1.165, 1.54) is 44.9 Å². The number of unbranched alkanes of at least 4 members (excludes halogenated alkanes) is 7. The highest BCUT2D eigenvalue weighted by atomic mass is 35.5. The molecule has 5 heteroatoms. The van der Waals surface area contributed by atoms with Crippen LogP contribution in [0.2, 0.25) is 5.02 Å². The zero-order valence-electron chi connectivity index (χ0n) is 17.8. The van der Waals surface area contributed by atoms with Gasteiger partial charge >= 0.3 is 0 Å². The summed E-state index contributed by atoms with van der Waals surface area (Å²) in [5.74, 6) is 0.497. The number of carbonyl (C=O) groups excluding carboxylic acids is 1. The van der Waals surface area contributed by atoms with E-state index in [9.17, 15) is 4.79 Å². The molecule has 1 heterocycles. The smallest absolute Gasteiger partial charge is 0.251 e. The normalized spacial score (nSPS) is 10.7. The Labute approximate surface area is 180 Å². The maximum absolute atomic E-state index is 12.4. The molecule has 1 aromatic heterocycles. The second-order valence-electron chi connectivity index (χ2n) is 7.52. The number of amides is 1. The highest BCUT2D eigenvalue weighted by molar-refractivity contribution is 6.32. The standard InChI is InChI=1S/C24H33ClN2O2/c1-3-4-5-6-7-8-9-10-17-29-23-12-11-21(18-22(23)25)24(28)26-19-20-13-15-27(2)16-14-20/h11-16,18H,3-10,17,19H2,1-2H3/p+1. The number of nitrogens with zero attached hydrogens (tertiary/aromatic N) is 1. The van der Waals surface area contributed by atoms with Gasteiger partial charge in [-0.25, -0.2) is 4.57 Å². The maximum atomic E-state index is 12.4. The summed E-state index contributed by atoms with van der Waals surface area (Å²) in [6, 6.07) is 9.18. The van der Waals surface area contributed by atoms with Crippen LogP contribution in [0.1, 0.15) is 74.2 Å². The van der Waals surface area contributed by atoms with Crippen molar-refractivity contribution in [2.24, 2.45) is 7.05 Å². The topological polar surface area (TPSA) is 42.2 Å². The number of aryl methyl sites for hydroxylation is 1. The molecule has 0 aliphatic rings. The van der Waals surface area contributed by atoms with E-state index in [0.717, 1.165) is 12.0 Å². The van der Waals surface area contributed by atoms with Crippen molar-refractivity contribution in [2.75, 3.05) is 6.61 Å². The van der Waals surface area contributed by atoms with Crippen molar-refractivity contribution < 1.29 is 14.1 Å². The van der Waals surface area contributed by atoms with Gasteiger partial charge < -0.3 is 10.1 Å². The van der Waals surface area contributed by atoms with Crippen LogP contribution in [0.15, 0.2) is 42.7 Å². The monoisotopic (exact) mass is 417 g/mol. The summed E-state index contributed by atoms with van der Waals surface area (Å²) < 4.78 is 7.75. The predicted molar refractivity (Wildman–Crippen MR) is 118 cm³/mol. The first-order chi connectivity index (χ1) is 14.1. The number of aromatic nitrogens is 1. The predicted octanol–water partition coefficient (Wildman–Crippen LogP) is 5.61. The van der Waals surface area contributed by atoms with Crippen LogP contribution in [0, 0.1) is 0 Å². The number of hydrogen-bond acceptors (Lipinski definition) is 2. The Morgan fingerprint density at radius 3 is 2.31 bits per heavy atom. The molecular formula is C24H34ClN2O2+. The summed E-state index contributed by atoms with van der Waals surface area (Å²) in [5, 5.41) is 3.39. The van der Waals surface area contributed by atoms with E-state index >= 15 is 0 Å². The molecule has 0 saturated carbocycles. The second kappa shape index (κ2) is 13.2. The first-order valence-electron chi connectivity index (χ1n) is 10.7. The van der Waals surface area contributed by atoms with E-state index in [2.05, 4.69) is 12.2 Å². The molecule has 1 aromatic carbocycles. The lowest BCUT2D eigenvalue weighted by atomic mass is 10.1. The lowest BCUT2D eigenvalue weighted by Crippen LogP contribution is -2.27. The highest BCUT2D eigenvalue weighted by Gasteiger charge is 2.10. The van der Waals surface area contributed by atoms with Crippen molar-refractivity contribution in [1.82, 2.24) is 5.32 Å². The molecule has 0 fully saturated rings. The fourth-order valence-corrected chi connectivity index (χ4v) is 3.35. The van der Waals surface area contributed by atoms with Crippen LogP contribution >= 0.6 is 11.6 Å². The van der Waals surface area contributed by atoms with Crippen molar-refractivity contribution in [2.45, 2.75) is 64.8 Å². The zero-order chi connectivity index (χ0) is 20.9. The fraction of sp³-hybridized carbons (Fsp3) is 0.500. The van der Waals surface area contributed by atoms with Gasteiger partial charge in [0.1, 0.15) is 12.8 Å². The molecule has 0 atom stereocenters. The van der Waals surface area contributed by atoms with Gasteiger partial charge in [-0.2, -0.15) is 0 Å². The molecule has 0 aliphatic heterocycles. The van der Waals surface area contributed by atoms with Crippen LogP contribution in [0.25, 0.3) is 0 Å². The van der Waals surface area contributed by atoms with Crippen LogP contribution < -0.4 is 14.6 Å². The molecule has 29 heavy (non-hydrogen) atoms. The Kier molecular flexibility index (Phi) is 10.6. The van der Waals surface area contributed by atoms with Crippen molar-refractivity contribution in [3.63, 3.8) is 0 Å². The van der Waals surface area contributed by atoms with E-state index in [1.54, 1.807) is 18.2 Å². The van der Waals surface area contributed by atoms with Crippen LogP contribution in [0.4, 0.5) is 0 Å². The van der Waals surface area contributed by atoms with Gasteiger partial charge in [0, 0.05) is 24.2 Å². The van der Waals surface area contributed by atoms with Crippen LogP contribution in [0.5, 0.6) is 5.75 Å². The first kappa shape index (κ1) is 23.2. The summed E-state index contributed by atoms with van der Waals surface area (Å²) >= 11 is 6.31. The van der Waals surface area contributed by atoms with E-state index in [-0.39, 0.29) is 5.91 Å². The third kappa shape index (κ3) is 8.86. The van der Waals surface area contributed by atoms with Crippen molar-refractivity contribution in [3.05, 3.63) is 58.9 Å². The molecule has 0 bridgehead atoms. The number of halogens is 1. The van der Waals surface area contributed by atoms with Gasteiger partial charge in [-0.15, -0.1) is 0 Å². The minimum Gasteiger partial charge on any atom is -0.492 e. The van der Waals surface area contributed by atoms with Crippen molar-refractivity contribution >= 4 is 17.5 Å². The number of benzene rings is 1. The Bertz CT molecular complexity index is 747. The molecule has 0 spiro atoms. The highest BCUT2D eigenvalue weighted by Crippen LogP contribution is 2.26. The van der Waals surface area contributed by atoms with Crippen molar-refractivity contribution in [3.8, 4) is 5.75 Å². The SMILES string of the molecule is CCCCCCCCCCOc1ccc(C(=O)NCc2cc[n+](C)cc2)cc1Cl. The van der Waals surface area contributed by atoms with Crippen molar-refractivity contribution in [1.29, 1.82) is 0 Å². The summed E-state index contributed by atoms with van der Waals surface area (Å²) in [6.45, 7) is 3.38. The number of hydrogen-bond donors (Lipinski definition) is 1. The van der Waals surface area contributed by atoms with E-state index in [0.29, 0.717) is 29.5 Å². The number of rotatable bonds is 13. The molecular weight excluding hydrogens is 384 g/mol. The van der Waals surface area contributed by atoms with E-state index in [4.69, 9.17) is 16.3 Å². The molecule has 0 saturated heterocycles. The lowest BCUT2D eigenvalue weighted by molar-refractivity contribution is -0.671. The van der Waals surface area contributed by atoms with Crippen LogP contribution in [-0.4, -0.2) is 12.5 Å². The summed E-state index contributed by atoms with van der Waals surface area (Å²) in [7, 11) is 1.96. The fourth-order valence-electron chi connectivity index (χ4n) is 3.11. The van der Waals surface area contributed by atoms with E-state index in [1.807, 2.05) is 36.1 Å². The summed E-state index contributed by atoms with van der Waals surface area (Å²) in [4.78, 5) is 12.4. The number of ether oxygens (including phenoxy) is 1. The molecule has 1 N–H and O–H groups in total. The van der Waals surface area contributed by atoms with Gasteiger partial charge in [0.2, 0.25) is 0 Å². The third-order valence-corrected chi connectivity index (χ3v) is 5.25. The Morgan fingerprint density at radius 1 is 1.00 bits per heavy atom. The zero-order valence-corrected chi connectivity index (χ0v) is 18.5. The average Bonchev–Trinajstić information content (AvgIpc) is 2.73. The van der Waals surface area contributed by atoms with Crippen LogP contribution in [0.3, 0.4) is 0 Å². The van der Waals surface area contributed by atoms with Crippen LogP contribution in [-0.2, 0) is 13.6 Å². The molecule has 1 amide bonds. The Hall–Kier alpha value is -2.07. The molecule has 4 nitrogen and oxygen atoms in total. The van der Waals surface area contributed by atoms with Gasteiger partial charge in [0.25, 0.3) is 5.91 Å². The van der Waals surface area contributed by atoms with Gasteiger partial charge in [-0.05, 0) is 30.2 Å². The van der Waals surface area contributed by atoms with Gasteiger partial charge in [0.05, 0.1) is 11.6 Å². The summed E-state index contributed by atoms with van der Waals surface area (Å²) in [6.07, 6.45) is 14.0.